The molecule has 1 aliphatic heterocycles. The second-order valence-corrected chi connectivity index (χ2v) is 7.43. The van der Waals surface area contributed by atoms with Gasteiger partial charge in [-0.05, 0) is 36.8 Å². The monoisotopic (exact) mass is 429 g/mol. The number of ether oxygens (including phenoxy) is 2. The number of aryl methyl sites for hydroxylation is 1. The predicted molar refractivity (Wildman–Crippen MR) is 121 cm³/mol. The number of benzene rings is 3. The molecule has 32 heavy (non-hydrogen) atoms. The van der Waals surface area contributed by atoms with Gasteiger partial charge >= 0.3 is 12.1 Å². The van der Waals surface area contributed by atoms with Crippen LogP contribution in [0.25, 0.3) is 0 Å². The average molecular weight is 429 g/mol. The number of methoxy groups -OCH3 is 1. The molecular formula is C25H23N3O4. The fourth-order valence-corrected chi connectivity index (χ4v) is 3.52. The van der Waals surface area contributed by atoms with Gasteiger partial charge in [0.2, 0.25) is 5.90 Å². The minimum Gasteiger partial charge on any atom is -0.452 e. The van der Waals surface area contributed by atoms with Crippen LogP contribution < -0.4 is 10.4 Å². The Kier molecular flexibility index (Phi) is 5.89. The standard InChI is InChI=1S/C25H23N3O4/c1-18-13-15-20(16-14-18)22-26-25(23(29)32-22,17-19-9-5-3-6-10-19)28(27-24(30)31-2)21-11-7-4-8-12-21/h3-16H,17H2,1-2H3,(H,27,30). The van der Waals surface area contributed by atoms with Crippen LogP contribution in [0.3, 0.4) is 0 Å². The molecule has 1 amide bonds. The molecule has 0 spiro atoms. The van der Waals surface area contributed by atoms with Crippen molar-refractivity contribution in [3.8, 4) is 0 Å². The van der Waals surface area contributed by atoms with Crippen molar-refractivity contribution in [3.63, 3.8) is 0 Å². The van der Waals surface area contributed by atoms with Crippen molar-refractivity contribution < 1.29 is 19.1 Å². The normalized spacial score (nSPS) is 17.3. The number of hydrazine groups is 1. The number of para-hydroxylation sites is 1. The number of cyclic esters (lactones) is 1. The molecule has 162 valence electrons. The van der Waals surface area contributed by atoms with Gasteiger partial charge < -0.3 is 9.47 Å². The molecule has 0 bridgehead atoms. The van der Waals surface area contributed by atoms with Crippen LogP contribution in [0.2, 0.25) is 0 Å². The molecule has 1 unspecified atom stereocenters. The third kappa shape index (κ3) is 4.18. The van der Waals surface area contributed by atoms with E-state index in [2.05, 4.69) is 5.43 Å². The molecule has 0 aliphatic carbocycles. The third-order valence-electron chi connectivity index (χ3n) is 5.17. The molecular weight excluding hydrogens is 406 g/mol. The van der Waals surface area contributed by atoms with Gasteiger partial charge in [-0.15, -0.1) is 0 Å². The predicted octanol–water partition coefficient (Wildman–Crippen LogP) is 4.02. The molecule has 3 aromatic rings. The van der Waals surface area contributed by atoms with E-state index in [4.69, 9.17) is 14.5 Å². The van der Waals surface area contributed by atoms with Gasteiger partial charge in [-0.2, -0.15) is 0 Å². The van der Waals surface area contributed by atoms with Crippen LogP contribution in [0.1, 0.15) is 16.7 Å². The van der Waals surface area contributed by atoms with E-state index in [-0.39, 0.29) is 12.3 Å². The number of anilines is 1. The summed E-state index contributed by atoms with van der Waals surface area (Å²) in [5, 5.41) is 1.41. The fraction of sp³-hybridized carbons (Fsp3) is 0.160. The first-order chi connectivity index (χ1) is 15.5. The molecule has 1 heterocycles. The lowest BCUT2D eigenvalue weighted by molar-refractivity contribution is -0.139. The molecule has 7 nitrogen and oxygen atoms in total. The Morgan fingerprint density at radius 3 is 2.25 bits per heavy atom. The van der Waals surface area contributed by atoms with Gasteiger partial charge in [-0.1, -0.05) is 66.2 Å². The van der Waals surface area contributed by atoms with E-state index < -0.39 is 17.7 Å². The quantitative estimate of drug-likeness (QED) is 0.473. The Morgan fingerprint density at radius 1 is 1.00 bits per heavy atom. The van der Waals surface area contributed by atoms with Gasteiger partial charge in [0.25, 0.3) is 5.66 Å². The number of nitrogens with one attached hydrogen (secondary N) is 1. The van der Waals surface area contributed by atoms with Gasteiger partial charge in [-0.3, -0.25) is 0 Å². The molecule has 7 heteroatoms. The summed E-state index contributed by atoms with van der Waals surface area (Å²) in [6.07, 6.45) is -0.561. The van der Waals surface area contributed by atoms with Crippen molar-refractivity contribution in [1.82, 2.24) is 5.43 Å². The lowest BCUT2D eigenvalue weighted by Gasteiger charge is -2.36. The first kappa shape index (κ1) is 21.1. The maximum Gasteiger partial charge on any atom is 0.425 e. The molecule has 0 saturated heterocycles. The van der Waals surface area contributed by atoms with Gasteiger partial charge in [0.05, 0.1) is 12.8 Å². The second-order valence-electron chi connectivity index (χ2n) is 7.43. The summed E-state index contributed by atoms with van der Waals surface area (Å²) in [4.78, 5) is 30.5. The second kappa shape index (κ2) is 8.93. The summed E-state index contributed by atoms with van der Waals surface area (Å²) < 4.78 is 10.5. The van der Waals surface area contributed by atoms with E-state index in [9.17, 15) is 9.59 Å². The molecule has 4 rings (SSSR count). The molecule has 1 aliphatic rings. The molecule has 1 N–H and O–H groups in total. The first-order valence-electron chi connectivity index (χ1n) is 10.1. The van der Waals surface area contributed by atoms with Crippen molar-refractivity contribution in [1.29, 1.82) is 0 Å². The number of nitrogens with zero attached hydrogens (tertiary/aromatic N) is 2. The highest BCUT2D eigenvalue weighted by atomic mass is 16.6. The van der Waals surface area contributed by atoms with E-state index in [1.165, 1.54) is 12.1 Å². The van der Waals surface area contributed by atoms with Crippen LogP contribution in [-0.4, -0.2) is 30.7 Å². The maximum absolute atomic E-state index is 13.5. The Labute approximate surface area is 186 Å². The SMILES string of the molecule is COC(=O)NN(c1ccccc1)C1(Cc2ccccc2)N=C(c2ccc(C)cc2)OC1=O. The topological polar surface area (TPSA) is 80.2 Å². The van der Waals surface area contributed by atoms with Crippen molar-refractivity contribution in [2.45, 2.75) is 19.0 Å². The van der Waals surface area contributed by atoms with Gasteiger partial charge in [0.1, 0.15) is 0 Å². The highest BCUT2D eigenvalue weighted by Gasteiger charge is 2.52. The Morgan fingerprint density at radius 2 is 1.62 bits per heavy atom. The molecule has 0 aromatic heterocycles. The minimum atomic E-state index is -1.57. The number of carbonyl (C=O) groups is 2. The smallest absolute Gasteiger partial charge is 0.425 e. The van der Waals surface area contributed by atoms with E-state index in [0.29, 0.717) is 11.3 Å². The highest BCUT2D eigenvalue weighted by molar-refractivity contribution is 6.09. The van der Waals surface area contributed by atoms with Crippen molar-refractivity contribution >= 4 is 23.6 Å². The molecule has 1 atom stereocenters. The highest BCUT2D eigenvalue weighted by Crippen LogP contribution is 2.34. The third-order valence-corrected chi connectivity index (χ3v) is 5.17. The van der Waals surface area contributed by atoms with Crippen LogP contribution >= 0.6 is 0 Å². The van der Waals surface area contributed by atoms with Gasteiger partial charge in [0, 0.05) is 12.0 Å². The van der Waals surface area contributed by atoms with E-state index in [1.54, 1.807) is 12.1 Å². The van der Waals surface area contributed by atoms with Gasteiger partial charge in [-0.25, -0.2) is 25.0 Å². The number of hydrogen-bond acceptors (Lipinski definition) is 6. The summed E-state index contributed by atoms with van der Waals surface area (Å²) >= 11 is 0. The number of hydrogen-bond donors (Lipinski definition) is 1. The number of esters is 1. The summed E-state index contributed by atoms with van der Waals surface area (Å²) in [6.45, 7) is 1.98. The zero-order chi connectivity index (χ0) is 22.6. The summed E-state index contributed by atoms with van der Waals surface area (Å²) in [6, 6.07) is 26.0. The lowest BCUT2D eigenvalue weighted by Crippen LogP contribution is -2.61. The van der Waals surface area contributed by atoms with E-state index in [1.807, 2.05) is 79.7 Å². The maximum atomic E-state index is 13.5. The minimum absolute atomic E-state index is 0.168. The van der Waals surface area contributed by atoms with Crippen LogP contribution in [0.5, 0.6) is 0 Å². The van der Waals surface area contributed by atoms with Crippen LogP contribution in [0.15, 0.2) is 89.9 Å². The number of carbonyl (C=O) groups excluding carboxylic acids is 2. The molecule has 0 radical (unpaired) electrons. The molecule has 0 saturated carbocycles. The molecule has 0 fully saturated rings. The van der Waals surface area contributed by atoms with Crippen molar-refractivity contribution in [2.75, 3.05) is 12.1 Å². The summed E-state index contributed by atoms with van der Waals surface area (Å²) in [5.41, 5.74) is 4.25. The van der Waals surface area contributed by atoms with Crippen LogP contribution in [0.4, 0.5) is 10.5 Å². The average Bonchev–Trinajstić information content (AvgIpc) is 3.15. The first-order valence-corrected chi connectivity index (χ1v) is 10.1. The Balaban J connectivity index is 1.87. The number of amides is 1. The van der Waals surface area contributed by atoms with E-state index in [0.717, 1.165) is 11.1 Å². The summed E-state index contributed by atoms with van der Waals surface area (Å²) in [5.74, 6) is -0.407. The van der Waals surface area contributed by atoms with Crippen LogP contribution in [0, 0.1) is 6.92 Å². The number of aliphatic imine (C=N–C) groups is 1. The Bertz CT molecular complexity index is 1130. The molecule has 3 aromatic carbocycles. The zero-order valence-electron chi connectivity index (χ0n) is 17.8. The summed E-state index contributed by atoms with van der Waals surface area (Å²) in [7, 11) is 1.26. The van der Waals surface area contributed by atoms with Gasteiger partial charge in [0.15, 0.2) is 0 Å². The number of rotatable bonds is 6. The largest absolute Gasteiger partial charge is 0.452 e. The Hall–Kier alpha value is -4.13. The zero-order valence-corrected chi connectivity index (χ0v) is 17.8. The van der Waals surface area contributed by atoms with E-state index >= 15 is 0 Å². The van der Waals surface area contributed by atoms with Crippen LogP contribution in [-0.2, 0) is 20.7 Å². The van der Waals surface area contributed by atoms with Crippen molar-refractivity contribution in [2.24, 2.45) is 4.99 Å². The van der Waals surface area contributed by atoms with Crippen molar-refractivity contribution in [3.05, 3.63) is 102 Å². The fourth-order valence-electron chi connectivity index (χ4n) is 3.52. The lowest BCUT2D eigenvalue weighted by atomic mass is 9.99.